The van der Waals surface area contributed by atoms with E-state index in [4.69, 9.17) is 0 Å². The number of hydrazine groups is 1. The maximum atomic E-state index is 12.9. The molecule has 1 aliphatic rings. The van der Waals surface area contributed by atoms with E-state index in [9.17, 15) is 22.8 Å². The van der Waals surface area contributed by atoms with Crippen molar-refractivity contribution in [3.8, 4) is 0 Å². The molecule has 0 saturated carbocycles. The molecule has 1 heterocycles. The topological polar surface area (TPSA) is 70.2 Å². The van der Waals surface area contributed by atoms with Crippen molar-refractivity contribution >= 4 is 11.7 Å². The van der Waals surface area contributed by atoms with Crippen LogP contribution in [0.4, 0.5) is 13.2 Å². The Morgan fingerprint density at radius 1 is 1.22 bits per heavy atom. The van der Waals surface area contributed by atoms with Gasteiger partial charge in [0, 0.05) is 6.54 Å². The maximum Gasteiger partial charge on any atom is 0.416 e. The first kappa shape index (κ1) is 17.4. The van der Waals surface area contributed by atoms with Gasteiger partial charge in [-0.15, -0.1) is 0 Å². The quantitative estimate of drug-likeness (QED) is 0.759. The second-order valence-electron chi connectivity index (χ2n) is 5.44. The lowest BCUT2D eigenvalue weighted by Gasteiger charge is -2.14. The third kappa shape index (κ3) is 4.52. The van der Waals surface area contributed by atoms with Gasteiger partial charge in [-0.3, -0.25) is 9.59 Å². The largest absolute Gasteiger partial charge is 0.416 e. The predicted octanol–water partition coefficient (Wildman–Crippen LogP) is 1.19. The van der Waals surface area contributed by atoms with Gasteiger partial charge < -0.3 is 5.32 Å². The zero-order valence-electron chi connectivity index (χ0n) is 12.5. The van der Waals surface area contributed by atoms with E-state index < -0.39 is 23.8 Å². The molecular formula is C15H18F3N3O2. The van der Waals surface area contributed by atoms with E-state index >= 15 is 0 Å². The zero-order valence-corrected chi connectivity index (χ0v) is 12.5. The van der Waals surface area contributed by atoms with Crippen LogP contribution < -0.4 is 16.2 Å². The fraction of sp³-hybridized carbons (Fsp3) is 0.467. The monoisotopic (exact) mass is 329 g/mol. The number of alkyl halides is 3. The van der Waals surface area contributed by atoms with Crippen LogP contribution in [0.2, 0.25) is 0 Å². The van der Waals surface area contributed by atoms with E-state index in [1.165, 1.54) is 25.1 Å². The number of nitrogens with one attached hydrogen (secondary N) is 3. The van der Waals surface area contributed by atoms with Crippen molar-refractivity contribution in [1.82, 2.24) is 16.2 Å². The van der Waals surface area contributed by atoms with Gasteiger partial charge in [0.15, 0.2) is 0 Å². The molecule has 1 aliphatic heterocycles. The van der Waals surface area contributed by atoms with Gasteiger partial charge in [-0.2, -0.15) is 13.2 Å². The van der Waals surface area contributed by atoms with Crippen LogP contribution in [0.5, 0.6) is 0 Å². The summed E-state index contributed by atoms with van der Waals surface area (Å²) in [7, 11) is 0. The Bertz CT molecular complexity index is 590. The lowest BCUT2D eigenvalue weighted by Crippen LogP contribution is -2.44. The van der Waals surface area contributed by atoms with E-state index in [-0.39, 0.29) is 30.2 Å². The summed E-state index contributed by atoms with van der Waals surface area (Å²) in [6.07, 6.45) is -4.01. The average molecular weight is 329 g/mol. The first-order chi connectivity index (χ1) is 10.8. The number of rotatable bonds is 5. The molecule has 3 N–H and O–H groups in total. The third-order valence-electron chi connectivity index (χ3n) is 3.73. The molecule has 0 radical (unpaired) electrons. The van der Waals surface area contributed by atoms with Crippen molar-refractivity contribution in [2.45, 2.75) is 38.0 Å². The predicted molar refractivity (Wildman–Crippen MR) is 77.3 cm³/mol. The van der Waals surface area contributed by atoms with Crippen molar-refractivity contribution in [2.75, 3.05) is 6.54 Å². The van der Waals surface area contributed by atoms with Gasteiger partial charge in [-0.1, -0.05) is 18.2 Å². The van der Waals surface area contributed by atoms with Crippen molar-refractivity contribution in [3.63, 3.8) is 0 Å². The highest BCUT2D eigenvalue weighted by Gasteiger charge is 2.33. The zero-order chi connectivity index (χ0) is 17.0. The third-order valence-corrected chi connectivity index (χ3v) is 3.73. The molecule has 0 bridgehead atoms. The minimum Gasteiger partial charge on any atom is -0.354 e. The van der Waals surface area contributed by atoms with E-state index in [0.717, 1.165) is 6.07 Å². The average Bonchev–Trinajstić information content (AvgIpc) is 2.96. The fourth-order valence-electron chi connectivity index (χ4n) is 2.45. The SMILES string of the molecule is CC(=O)C1CC(C(=O)NCCc2ccccc2C(F)(F)F)NN1. The maximum absolute atomic E-state index is 12.9. The number of carbonyl (C=O) groups is 2. The Morgan fingerprint density at radius 2 is 1.87 bits per heavy atom. The van der Waals surface area contributed by atoms with Gasteiger partial charge in [-0.25, -0.2) is 10.9 Å². The van der Waals surface area contributed by atoms with Crippen molar-refractivity contribution < 1.29 is 22.8 Å². The number of hydrogen-bond acceptors (Lipinski definition) is 4. The molecule has 0 aromatic heterocycles. The van der Waals surface area contributed by atoms with Crippen LogP contribution >= 0.6 is 0 Å². The van der Waals surface area contributed by atoms with Crippen molar-refractivity contribution in [2.24, 2.45) is 0 Å². The minimum absolute atomic E-state index is 0.0769. The molecule has 126 valence electrons. The molecule has 1 aromatic carbocycles. The lowest BCUT2D eigenvalue weighted by atomic mass is 10.0. The fourth-order valence-corrected chi connectivity index (χ4v) is 2.45. The molecule has 2 atom stereocenters. The molecular weight excluding hydrogens is 311 g/mol. The highest BCUT2D eigenvalue weighted by molar-refractivity contribution is 5.86. The molecule has 23 heavy (non-hydrogen) atoms. The first-order valence-electron chi connectivity index (χ1n) is 7.23. The first-order valence-corrected chi connectivity index (χ1v) is 7.23. The molecule has 2 rings (SSSR count). The van der Waals surface area contributed by atoms with Gasteiger partial charge >= 0.3 is 6.18 Å². The summed E-state index contributed by atoms with van der Waals surface area (Å²) in [5, 5.41) is 2.59. The molecule has 1 fully saturated rings. The van der Waals surface area contributed by atoms with E-state index in [1.807, 2.05) is 0 Å². The van der Waals surface area contributed by atoms with Gasteiger partial charge in [0.25, 0.3) is 0 Å². The van der Waals surface area contributed by atoms with Gasteiger partial charge in [0.1, 0.15) is 11.8 Å². The molecule has 1 amide bonds. The standard InChI is InChI=1S/C15H18F3N3O2/c1-9(22)12-8-13(21-20-12)14(23)19-7-6-10-4-2-3-5-11(10)15(16,17)18/h2-5,12-13,20-21H,6-8H2,1H3,(H,19,23). The lowest BCUT2D eigenvalue weighted by molar-refractivity contribution is -0.138. The number of Topliss-reactive ketones (excluding diaryl/α,β-unsaturated/α-hetero) is 1. The molecule has 8 heteroatoms. The second kappa shape index (κ2) is 7.10. The Labute approximate surface area is 131 Å². The number of hydrogen-bond donors (Lipinski definition) is 3. The van der Waals surface area contributed by atoms with E-state index in [0.29, 0.717) is 6.42 Å². The molecule has 2 unspecified atom stereocenters. The van der Waals surface area contributed by atoms with Crippen molar-refractivity contribution in [3.05, 3.63) is 35.4 Å². The van der Waals surface area contributed by atoms with Gasteiger partial charge in [-0.05, 0) is 31.4 Å². The Kier molecular flexibility index (Phi) is 5.38. The Balaban J connectivity index is 1.86. The molecule has 1 aromatic rings. The van der Waals surface area contributed by atoms with Crippen LogP contribution in [-0.4, -0.2) is 30.3 Å². The number of halogens is 3. The summed E-state index contributed by atoms with van der Waals surface area (Å²) in [4.78, 5) is 23.1. The van der Waals surface area contributed by atoms with Gasteiger partial charge in [0.2, 0.25) is 5.91 Å². The number of ketones is 1. The summed E-state index contributed by atoms with van der Waals surface area (Å²) in [6.45, 7) is 1.52. The van der Waals surface area contributed by atoms with E-state index in [2.05, 4.69) is 16.2 Å². The molecule has 0 aliphatic carbocycles. The van der Waals surface area contributed by atoms with Crippen LogP contribution in [0.25, 0.3) is 0 Å². The highest BCUT2D eigenvalue weighted by atomic mass is 19.4. The van der Waals surface area contributed by atoms with Crippen LogP contribution in [0.3, 0.4) is 0 Å². The molecule has 1 saturated heterocycles. The summed E-state index contributed by atoms with van der Waals surface area (Å²) in [6, 6.07) is 4.30. The van der Waals surface area contributed by atoms with Gasteiger partial charge in [0.05, 0.1) is 11.6 Å². The number of amides is 1. The second-order valence-corrected chi connectivity index (χ2v) is 5.44. The van der Waals surface area contributed by atoms with Crippen LogP contribution in [0.1, 0.15) is 24.5 Å². The Morgan fingerprint density at radius 3 is 2.48 bits per heavy atom. The van der Waals surface area contributed by atoms with Crippen LogP contribution in [-0.2, 0) is 22.2 Å². The van der Waals surface area contributed by atoms with E-state index in [1.54, 1.807) is 0 Å². The molecule has 5 nitrogen and oxygen atoms in total. The smallest absolute Gasteiger partial charge is 0.354 e. The normalized spacial score (nSPS) is 21.2. The summed E-state index contributed by atoms with van der Waals surface area (Å²) < 4.78 is 38.6. The van der Waals surface area contributed by atoms with Crippen molar-refractivity contribution in [1.29, 1.82) is 0 Å². The summed E-state index contributed by atoms with van der Waals surface area (Å²) in [5.74, 6) is -0.419. The molecule has 0 spiro atoms. The minimum atomic E-state index is -4.41. The number of benzene rings is 1. The summed E-state index contributed by atoms with van der Waals surface area (Å²) >= 11 is 0. The Hall–Kier alpha value is -1.93. The van der Waals surface area contributed by atoms with Crippen LogP contribution in [0.15, 0.2) is 24.3 Å². The summed E-state index contributed by atoms with van der Waals surface area (Å²) in [5.41, 5.74) is 4.87. The number of carbonyl (C=O) groups excluding carboxylic acids is 2. The highest BCUT2D eigenvalue weighted by Crippen LogP contribution is 2.31. The van der Waals surface area contributed by atoms with Crippen LogP contribution in [0, 0.1) is 0 Å².